The van der Waals surface area contributed by atoms with Crippen LogP contribution in [-0.2, 0) is 4.79 Å². The molecule has 1 saturated heterocycles. The Labute approximate surface area is 120 Å². The van der Waals surface area contributed by atoms with Crippen molar-refractivity contribution in [2.24, 2.45) is 5.92 Å². The molecular formula is C13H17BrFN3O. The number of rotatable bonds is 3. The molecule has 1 fully saturated rings. The first-order valence-electron chi connectivity index (χ1n) is 6.21. The number of pyridine rings is 1. The molecule has 104 valence electrons. The number of nitrogens with zero attached hydrogens (tertiary/aromatic N) is 2. The Hall–Kier alpha value is -1.01. The van der Waals surface area contributed by atoms with Crippen molar-refractivity contribution < 1.29 is 9.18 Å². The van der Waals surface area contributed by atoms with E-state index in [-0.39, 0.29) is 24.5 Å². The highest BCUT2D eigenvalue weighted by atomic mass is 79.9. The Morgan fingerprint density at radius 3 is 3.00 bits per heavy atom. The highest BCUT2D eigenvalue weighted by Gasteiger charge is 2.34. The zero-order valence-corrected chi connectivity index (χ0v) is 12.6. The van der Waals surface area contributed by atoms with E-state index in [4.69, 9.17) is 0 Å². The van der Waals surface area contributed by atoms with Gasteiger partial charge < -0.3 is 5.32 Å². The van der Waals surface area contributed by atoms with E-state index in [2.05, 4.69) is 26.2 Å². The number of aromatic nitrogens is 1. The summed E-state index contributed by atoms with van der Waals surface area (Å²) in [4.78, 5) is 18.4. The van der Waals surface area contributed by atoms with Gasteiger partial charge in [0, 0.05) is 12.5 Å². The van der Waals surface area contributed by atoms with Gasteiger partial charge in [-0.2, -0.15) is 0 Å². The minimum absolute atomic E-state index is 0.0442. The van der Waals surface area contributed by atoms with Crippen LogP contribution >= 0.6 is 15.9 Å². The lowest BCUT2D eigenvalue weighted by Gasteiger charge is -2.18. The van der Waals surface area contributed by atoms with Crippen molar-refractivity contribution in [2.75, 3.05) is 25.6 Å². The Kier molecular flexibility index (Phi) is 4.52. The Morgan fingerprint density at radius 1 is 1.63 bits per heavy atom. The monoisotopic (exact) mass is 329 g/mol. The van der Waals surface area contributed by atoms with Gasteiger partial charge in [0.2, 0.25) is 5.91 Å². The molecule has 0 bridgehead atoms. The normalized spacial score (nSPS) is 23.6. The maximum atomic E-state index is 12.7. The largest absolute Gasteiger partial charge is 0.309 e. The molecule has 1 aliphatic heterocycles. The van der Waals surface area contributed by atoms with Crippen molar-refractivity contribution in [1.82, 2.24) is 9.88 Å². The summed E-state index contributed by atoms with van der Waals surface area (Å²) in [6.07, 6.45) is 0.561. The van der Waals surface area contributed by atoms with Crippen LogP contribution in [0.25, 0.3) is 0 Å². The number of hydrogen-bond donors (Lipinski definition) is 1. The van der Waals surface area contributed by atoms with E-state index in [9.17, 15) is 9.18 Å². The third-order valence-corrected chi connectivity index (χ3v) is 3.90. The van der Waals surface area contributed by atoms with Crippen LogP contribution in [0, 0.1) is 12.8 Å². The van der Waals surface area contributed by atoms with Gasteiger partial charge >= 0.3 is 0 Å². The number of aryl methyl sites for hydroxylation is 1. The van der Waals surface area contributed by atoms with E-state index in [0.29, 0.717) is 23.4 Å². The van der Waals surface area contributed by atoms with Gasteiger partial charge in [-0.25, -0.2) is 4.98 Å². The molecule has 0 aliphatic carbocycles. The number of nitrogens with one attached hydrogen (secondary N) is 1. The summed E-state index contributed by atoms with van der Waals surface area (Å²) in [6, 6.07) is 3.43. The molecule has 1 N–H and O–H groups in total. The van der Waals surface area contributed by atoms with Crippen LogP contribution in [0.1, 0.15) is 12.0 Å². The summed E-state index contributed by atoms with van der Waals surface area (Å²) < 4.78 is 13.4. The smallest absolute Gasteiger partial charge is 0.242 e. The number of alkyl halides is 1. The first-order chi connectivity index (χ1) is 9.01. The first-order valence-corrected chi connectivity index (χ1v) is 7.00. The third-order valence-electron chi connectivity index (χ3n) is 3.46. The van der Waals surface area contributed by atoms with Crippen LogP contribution in [0.2, 0.25) is 0 Å². The molecule has 1 aromatic rings. The van der Waals surface area contributed by atoms with Crippen LogP contribution in [0.3, 0.4) is 0 Å². The average molecular weight is 330 g/mol. The molecule has 0 spiro atoms. The molecule has 19 heavy (non-hydrogen) atoms. The van der Waals surface area contributed by atoms with Gasteiger partial charge in [0.1, 0.15) is 10.4 Å². The zero-order valence-electron chi connectivity index (χ0n) is 11.0. The number of hydrogen-bond acceptors (Lipinski definition) is 3. The van der Waals surface area contributed by atoms with Gasteiger partial charge in [0.05, 0.1) is 12.7 Å². The zero-order chi connectivity index (χ0) is 14.0. The fraction of sp³-hybridized carbons (Fsp3) is 0.538. The Balaban J connectivity index is 2.07. The van der Waals surface area contributed by atoms with E-state index in [1.165, 1.54) is 0 Å². The molecule has 2 unspecified atom stereocenters. The van der Waals surface area contributed by atoms with E-state index in [1.807, 2.05) is 31.0 Å². The quantitative estimate of drug-likeness (QED) is 0.866. The fourth-order valence-corrected chi connectivity index (χ4v) is 2.66. The average Bonchev–Trinajstić information content (AvgIpc) is 2.75. The molecule has 2 heterocycles. The molecule has 1 amide bonds. The van der Waals surface area contributed by atoms with E-state index in [1.54, 1.807) is 0 Å². The predicted octanol–water partition coefficient (Wildman–Crippen LogP) is 2.38. The number of carbonyl (C=O) groups is 1. The Morgan fingerprint density at radius 2 is 2.37 bits per heavy atom. The predicted molar refractivity (Wildman–Crippen MR) is 75.8 cm³/mol. The second kappa shape index (κ2) is 5.96. The summed E-state index contributed by atoms with van der Waals surface area (Å²) in [6.45, 7) is 2.14. The maximum absolute atomic E-state index is 12.7. The molecule has 2 rings (SSSR count). The second-order valence-electron chi connectivity index (χ2n) is 5.00. The number of carbonyl (C=O) groups excluding carboxylic acids is 1. The summed E-state index contributed by atoms with van der Waals surface area (Å²) in [5.41, 5.74) is 0.902. The summed E-state index contributed by atoms with van der Waals surface area (Å²) in [5.74, 6) is 0.390. The third kappa shape index (κ3) is 3.30. The van der Waals surface area contributed by atoms with E-state index < -0.39 is 0 Å². The second-order valence-corrected chi connectivity index (χ2v) is 5.81. The highest BCUT2D eigenvalue weighted by Crippen LogP contribution is 2.24. The van der Waals surface area contributed by atoms with Crippen LogP contribution in [0.4, 0.5) is 10.2 Å². The van der Waals surface area contributed by atoms with Crippen LogP contribution in [0.15, 0.2) is 16.7 Å². The van der Waals surface area contributed by atoms with Crippen molar-refractivity contribution >= 4 is 27.7 Å². The summed E-state index contributed by atoms with van der Waals surface area (Å²) >= 11 is 3.28. The summed E-state index contributed by atoms with van der Waals surface area (Å²) in [5, 5.41) is 2.82. The molecule has 0 saturated carbocycles. The van der Waals surface area contributed by atoms with Crippen molar-refractivity contribution in [3.05, 3.63) is 22.3 Å². The lowest BCUT2D eigenvalue weighted by atomic mass is 10.1. The number of likely N-dealkylation sites (tertiary alicyclic amines) is 1. The van der Waals surface area contributed by atoms with Crippen LogP contribution in [0.5, 0.6) is 0 Å². The highest BCUT2D eigenvalue weighted by molar-refractivity contribution is 9.10. The van der Waals surface area contributed by atoms with Gasteiger partial charge in [0.25, 0.3) is 0 Å². The molecule has 2 atom stereocenters. The van der Waals surface area contributed by atoms with Crippen molar-refractivity contribution in [3.63, 3.8) is 0 Å². The standard InChI is InChI=1S/C13H17BrFN3O/c1-8-3-4-11(14)16-12(8)17-13(19)10-5-9(6-15)7-18(10)2/h3-4,9-10H,5-7H2,1-2H3,(H,16,17,19). The lowest BCUT2D eigenvalue weighted by Crippen LogP contribution is -2.37. The van der Waals surface area contributed by atoms with Gasteiger partial charge in [-0.3, -0.25) is 14.1 Å². The van der Waals surface area contributed by atoms with Gasteiger partial charge in [-0.1, -0.05) is 6.07 Å². The molecule has 4 nitrogen and oxygen atoms in total. The number of amides is 1. The number of anilines is 1. The molecule has 6 heteroatoms. The van der Waals surface area contributed by atoms with Gasteiger partial charge in [0.15, 0.2) is 0 Å². The molecule has 0 aromatic carbocycles. The van der Waals surface area contributed by atoms with Crippen molar-refractivity contribution in [2.45, 2.75) is 19.4 Å². The van der Waals surface area contributed by atoms with E-state index >= 15 is 0 Å². The minimum atomic E-state index is -0.373. The van der Waals surface area contributed by atoms with Crippen LogP contribution < -0.4 is 5.32 Å². The summed E-state index contributed by atoms with van der Waals surface area (Å²) in [7, 11) is 1.85. The molecule has 1 aromatic heterocycles. The lowest BCUT2D eigenvalue weighted by molar-refractivity contribution is -0.120. The van der Waals surface area contributed by atoms with Crippen LogP contribution in [-0.4, -0.2) is 42.1 Å². The minimum Gasteiger partial charge on any atom is -0.309 e. The SMILES string of the molecule is Cc1ccc(Br)nc1NC(=O)C1CC(CF)CN1C. The molecule has 0 radical (unpaired) electrons. The topological polar surface area (TPSA) is 45.2 Å². The fourth-order valence-electron chi connectivity index (χ4n) is 2.36. The molecule has 1 aliphatic rings. The van der Waals surface area contributed by atoms with Crippen molar-refractivity contribution in [3.8, 4) is 0 Å². The van der Waals surface area contributed by atoms with Crippen molar-refractivity contribution in [1.29, 1.82) is 0 Å². The number of halogens is 2. The number of likely N-dealkylation sites (N-methyl/N-ethyl adjacent to an activating group) is 1. The van der Waals surface area contributed by atoms with Gasteiger partial charge in [-0.05, 0) is 48.0 Å². The Bertz CT molecular complexity index is 483. The molecular weight excluding hydrogens is 313 g/mol. The first kappa shape index (κ1) is 14.4. The maximum Gasteiger partial charge on any atom is 0.242 e. The van der Waals surface area contributed by atoms with E-state index in [0.717, 1.165) is 5.56 Å². The van der Waals surface area contributed by atoms with Gasteiger partial charge in [-0.15, -0.1) is 0 Å².